The van der Waals surface area contributed by atoms with Crippen LogP contribution in [0, 0.1) is 0 Å². The first-order valence-electron chi connectivity index (χ1n) is 8.23. The highest BCUT2D eigenvalue weighted by Crippen LogP contribution is 2.37. The maximum absolute atomic E-state index is 6.31. The fourth-order valence-electron chi connectivity index (χ4n) is 1.97. The van der Waals surface area contributed by atoms with Gasteiger partial charge in [-0.3, -0.25) is 0 Å². The normalized spacial score (nSPS) is 13.8. The Balaban J connectivity index is 2.17. The van der Waals surface area contributed by atoms with Crippen LogP contribution in [0.1, 0.15) is 33.7 Å². The summed E-state index contributed by atoms with van der Waals surface area (Å²) in [7, 11) is 0.0389. The molecule has 0 aliphatic rings. The lowest BCUT2D eigenvalue weighted by Gasteiger charge is -2.36. The minimum atomic E-state index is -1.80. The van der Waals surface area contributed by atoms with Crippen molar-refractivity contribution in [3.05, 3.63) is 18.2 Å². The van der Waals surface area contributed by atoms with Gasteiger partial charge in [0.05, 0.1) is 12.6 Å². The molecule has 1 N–H and O–H groups in total. The van der Waals surface area contributed by atoms with Crippen LogP contribution in [-0.2, 0) is 4.43 Å². The molecule has 0 spiro atoms. The fourth-order valence-corrected chi connectivity index (χ4v) is 3.06. The van der Waals surface area contributed by atoms with E-state index in [4.69, 9.17) is 4.43 Å². The van der Waals surface area contributed by atoms with Gasteiger partial charge in [0, 0.05) is 7.05 Å². The summed E-state index contributed by atoms with van der Waals surface area (Å²) < 4.78 is 8.09. The summed E-state index contributed by atoms with van der Waals surface area (Å²) >= 11 is 0. The molecular weight excluding hydrogens is 320 g/mol. The van der Waals surface area contributed by atoms with Crippen molar-refractivity contribution in [1.29, 1.82) is 0 Å². The second-order valence-electron chi connectivity index (χ2n) is 7.53. The molecule has 132 valence electrons. The summed E-state index contributed by atoms with van der Waals surface area (Å²) in [5.74, 6) is 1.44. The van der Waals surface area contributed by atoms with E-state index in [1.165, 1.54) is 0 Å². The number of hydrogen-bond donors (Lipinski definition) is 1. The van der Waals surface area contributed by atoms with Gasteiger partial charge >= 0.3 is 0 Å². The van der Waals surface area contributed by atoms with Crippen LogP contribution in [0.15, 0.2) is 18.2 Å². The molecule has 0 radical (unpaired) electrons. The zero-order valence-electron chi connectivity index (χ0n) is 15.7. The van der Waals surface area contributed by atoms with Gasteiger partial charge < -0.3 is 9.74 Å². The summed E-state index contributed by atoms with van der Waals surface area (Å²) in [5, 5.41) is 15.3. The van der Waals surface area contributed by atoms with Crippen LogP contribution < -0.4 is 5.32 Å². The smallest absolute Gasteiger partial charge is 0.201 e. The van der Waals surface area contributed by atoms with Gasteiger partial charge in [-0.25, -0.2) is 9.67 Å². The van der Waals surface area contributed by atoms with E-state index in [0.29, 0.717) is 12.4 Å². The third kappa shape index (κ3) is 3.99. The average molecular weight is 349 g/mol. The van der Waals surface area contributed by atoms with E-state index in [2.05, 4.69) is 66.6 Å². The number of pyridine rings is 1. The Kier molecular flexibility index (Phi) is 5.39. The molecule has 2 heterocycles. The highest BCUT2D eigenvalue weighted by molar-refractivity contribution is 6.74. The molecule has 0 fully saturated rings. The quantitative estimate of drug-likeness (QED) is 0.807. The van der Waals surface area contributed by atoms with Gasteiger partial charge in [0.1, 0.15) is 11.5 Å². The summed E-state index contributed by atoms with van der Waals surface area (Å²) in [5.41, 5.74) is 0.742. The molecule has 24 heavy (non-hydrogen) atoms. The van der Waals surface area contributed by atoms with Crippen molar-refractivity contribution in [3.63, 3.8) is 0 Å². The van der Waals surface area contributed by atoms with Crippen LogP contribution in [0.3, 0.4) is 0 Å². The van der Waals surface area contributed by atoms with Gasteiger partial charge in [-0.05, 0) is 47.6 Å². The molecule has 0 bridgehead atoms. The van der Waals surface area contributed by atoms with Crippen molar-refractivity contribution in [2.75, 3.05) is 19.0 Å². The highest BCUT2D eigenvalue weighted by atomic mass is 28.4. The lowest BCUT2D eigenvalue weighted by atomic mass is 10.2. The van der Waals surface area contributed by atoms with Crippen molar-refractivity contribution in [1.82, 2.24) is 25.2 Å². The van der Waals surface area contributed by atoms with E-state index in [1.54, 1.807) is 4.68 Å². The van der Waals surface area contributed by atoms with Crippen molar-refractivity contribution in [2.45, 2.75) is 51.9 Å². The van der Waals surface area contributed by atoms with Crippen LogP contribution >= 0.6 is 0 Å². The van der Waals surface area contributed by atoms with Crippen LogP contribution in [0.25, 0.3) is 11.5 Å². The topological polar surface area (TPSA) is 77.8 Å². The Morgan fingerprint density at radius 2 is 2.00 bits per heavy atom. The number of aromatic nitrogens is 5. The second kappa shape index (κ2) is 6.98. The zero-order valence-corrected chi connectivity index (χ0v) is 16.7. The molecule has 0 aromatic carbocycles. The number of hydrogen-bond acceptors (Lipinski definition) is 6. The summed E-state index contributed by atoms with van der Waals surface area (Å²) in [6.07, 6.45) is 0. The van der Waals surface area contributed by atoms with Crippen molar-refractivity contribution < 1.29 is 4.43 Å². The van der Waals surface area contributed by atoms with Gasteiger partial charge in [-0.1, -0.05) is 26.8 Å². The maximum atomic E-state index is 6.31. The molecule has 0 saturated carbocycles. The second-order valence-corrected chi connectivity index (χ2v) is 12.3. The minimum Gasteiger partial charge on any atom is -0.415 e. The van der Waals surface area contributed by atoms with Gasteiger partial charge in [0.2, 0.25) is 5.82 Å². The van der Waals surface area contributed by atoms with Crippen molar-refractivity contribution in [2.24, 2.45) is 0 Å². The van der Waals surface area contributed by atoms with Crippen molar-refractivity contribution >= 4 is 14.1 Å². The molecule has 2 rings (SSSR count). The summed E-state index contributed by atoms with van der Waals surface area (Å²) in [4.78, 5) is 4.52. The third-order valence-corrected chi connectivity index (χ3v) is 9.14. The van der Waals surface area contributed by atoms with Crippen LogP contribution in [0.5, 0.6) is 0 Å². The first-order valence-corrected chi connectivity index (χ1v) is 11.1. The Labute approximate surface area is 145 Å². The molecule has 0 unspecified atom stereocenters. The monoisotopic (exact) mass is 348 g/mol. The first-order chi connectivity index (χ1) is 11.2. The minimum absolute atomic E-state index is 0.0316. The van der Waals surface area contributed by atoms with Crippen LogP contribution in [-0.4, -0.2) is 47.2 Å². The van der Waals surface area contributed by atoms with E-state index in [9.17, 15) is 0 Å². The molecule has 0 amide bonds. The molecule has 0 aliphatic heterocycles. The number of nitrogens with one attached hydrogen (secondary N) is 1. The molecule has 2 aromatic heterocycles. The maximum Gasteiger partial charge on any atom is 0.201 e. The molecule has 8 heteroatoms. The molecule has 0 saturated heterocycles. The molecule has 7 nitrogen and oxygen atoms in total. The fraction of sp³-hybridized carbons (Fsp3) is 0.625. The zero-order chi connectivity index (χ0) is 18.0. The molecule has 1 atom stereocenters. The standard InChI is InChI=1S/C16H28N6OSi/c1-12(11-23-24(6,7)16(2,3)4)22-15(19-20-21-22)13-9-8-10-14(17-5)18-13/h8-10,12H,11H2,1-7H3,(H,17,18)/t12-/m1/s1. The predicted molar refractivity (Wildman–Crippen MR) is 98.5 cm³/mol. The SMILES string of the molecule is CNc1cccc(-c2nnnn2[C@H](C)CO[Si](C)(C)C(C)(C)C)n1. The Bertz CT molecular complexity index is 679. The van der Waals surface area contributed by atoms with E-state index < -0.39 is 8.32 Å². The van der Waals surface area contributed by atoms with E-state index >= 15 is 0 Å². The Morgan fingerprint density at radius 3 is 2.62 bits per heavy atom. The van der Waals surface area contributed by atoms with Crippen LogP contribution in [0.2, 0.25) is 18.1 Å². The number of anilines is 1. The Hall–Kier alpha value is -1.80. The number of tetrazole rings is 1. The van der Waals surface area contributed by atoms with E-state index in [-0.39, 0.29) is 11.1 Å². The molecular formula is C16H28N6OSi. The Morgan fingerprint density at radius 1 is 1.29 bits per heavy atom. The van der Waals surface area contributed by atoms with Gasteiger partial charge in [-0.2, -0.15) is 0 Å². The first kappa shape index (κ1) is 18.5. The lowest BCUT2D eigenvalue weighted by molar-refractivity contribution is 0.229. The number of rotatable bonds is 6. The van der Waals surface area contributed by atoms with E-state index in [0.717, 1.165) is 11.5 Å². The predicted octanol–water partition coefficient (Wildman–Crippen LogP) is 3.36. The highest BCUT2D eigenvalue weighted by Gasteiger charge is 2.37. The van der Waals surface area contributed by atoms with Gasteiger partial charge in [0.15, 0.2) is 8.32 Å². The summed E-state index contributed by atoms with van der Waals surface area (Å²) in [6, 6.07) is 5.78. The lowest BCUT2D eigenvalue weighted by Crippen LogP contribution is -2.42. The van der Waals surface area contributed by atoms with Crippen molar-refractivity contribution in [3.8, 4) is 11.5 Å². The largest absolute Gasteiger partial charge is 0.415 e. The van der Waals surface area contributed by atoms with Crippen LogP contribution in [0.4, 0.5) is 5.82 Å². The molecule has 0 aliphatic carbocycles. The molecule has 2 aromatic rings. The van der Waals surface area contributed by atoms with Gasteiger partial charge in [-0.15, -0.1) is 5.10 Å². The van der Waals surface area contributed by atoms with E-state index in [1.807, 2.05) is 25.2 Å². The third-order valence-electron chi connectivity index (χ3n) is 4.64. The number of nitrogens with zero attached hydrogens (tertiary/aromatic N) is 5. The van der Waals surface area contributed by atoms with Gasteiger partial charge in [0.25, 0.3) is 0 Å². The summed E-state index contributed by atoms with van der Waals surface area (Å²) in [6.45, 7) is 13.9. The average Bonchev–Trinajstić information content (AvgIpc) is 3.01.